The molecule has 0 aromatic heterocycles. The van der Waals surface area contributed by atoms with Gasteiger partial charge < -0.3 is 19.7 Å². The smallest absolute Gasteiger partial charge is 0.406 e. The van der Waals surface area contributed by atoms with Crippen LogP contribution in [0.4, 0.5) is 13.2 Å². The van der Waals surface area contributed by atoms with E-state index in [0.717, 1.165) is 30.8 Å². The first kappa shape index (κ1) is 20.2. The van der Waals surface area contributed by atoms with E-state index in [2.05, 4.69) is 10.1 Å². The molecule has 1 heterocycles. The second-order valence-corrected chi connectivity index (χ2v) is 6.58. The Bertz CT molecular complexity index is 761. The molecular formula is C20H22F3N2O3+. The van der Waals surface area contributed by atoms with Gasteiger partial charge in [-0.05, 0) is 29.8 Å². The van der Waals surface area contributed by atoms with E-state index in [4.69, 9.17) is 4.74 Å². The topological polar surface area (TPSA) is 52.0 Å². The number of morpholine rings is 1. The van der Waals surface area contributed by atoms with Gasteiger partial charge in [-0.25, -0.2) is 0 Å². The minimum atomic E-state index is -4.76. The fraction of sp³-hybridized carbons (Fsp3) is 0.350. The van der Waals surface area contributed by atoms with Gasteiger partial charge in [0.1, 0.15) is 31.4 Å². The quantitative estimate of drug-likeness (QED) is 0.787. The molecule has 3 rings (SSSR count). The zero-order valence-electron chi connectivity index (χ0n) is 15.2. The maximum Gasteiger partial charge on any atom is 0.573 e. The first-order valence-corrected chi connectivity index (χ1v) is 9.03. The Balaban J connectivity index is 1.69. The van der Waals surface area contributed by atoms with Crippen molar-refractivity contribution in [3.8, 4) is 5.75 Å². The summed E-state index contributed by atoms with van der Waals surface area (Å²) in [5, 5.41) is 3.00. The summed E-state index contributed by atoms with van der Waals surface area (Å²) in [7, 11) is 0. The van der Waals surface area contributed by atoms with Crippen molar-refractivity contribution in [2.24, 2.45) is 0 Å². The number of rotatable bonds is 6. The van der Waals surface area contributed by atoms with Crippen molar-refractivity contribution in [1.29, 1.82) is 0 Å². The van der Waals surface area contributed by atoms with Crippen LogP contribution in [0.5, 0.6) is 5.75 Å². The molecule has 28 heavy (non-hydrogen) atoms. The molecule has 0 radical (unpaired) electrons. The summed E-state index contributed by atoms with van der Waals surface area (Å²) >= 11 is 0. The van der Waals surface area contributed by atoms with Gasteiger partial charge in [-0.3, -0.25) is 4.79 Å². The summed E-state index contributed by atoms with van der Waals surface area (Å²) < 4.78 is 46.0. The van der Waals surface area contributed by atoms with E-state index in [0.29, 0.717) is 19.8 Å². The highest BCUT2D eigenvalue weighted by atomic mass is 19.4. The summed E-state index contributed by atoms with van der Waals surface area (Å²) in [6.45, 7) is 3.80. The van der Waals surface area contributed by atoms with Gasteiger partial charge in [0.25, 0.3) is 5.91 Å². The van der Waals surface area contributed by atoms with Crippen LogP contribution >= 0.6 is 0 Å². The highest BCUT2D eigenvalue weighted by Crippen LogP contribution is 2.23. The molecule has 0 saturated carbocycles. The van der Waals surface area contributed by atoms with Crippen LogP contribution < -0.4 is 15.0 Å². The van der Waals surface area contributed by atoms with Crippen molar-refractivity contribution < 1.29 is 32.3 Å². The highest BCUT2D eigenvalue weighted by molar-refractivity contribution is 5.94. The number of halogens is 3. The molecular weight excluding hydrogens is 373 g/mol. The molecule has 2 aromatic carbocycles. The van der Waals surface area contributed by atoms with Crippen molar-refractivity contribution in [3.63, 3.8) is 0 Å². The molecule has 0 bridgehead atoms. The number of quaternary nitrogens is 1. The van der Waals surface area contributed by atoms with E-state index in [1.165, 1.54) is 17.0 Å². The molecule has 1 amide bonds. The van der Waals surface area contributed by atoms with Crippen LogP contribution in [0.15, 0.2) is 54.6 Å². The Morgan fingerprint density at radius 1 is 1.07 bits per heavy atom. The van der Waals surface area contributed by atoms with Gasteiger partial charge in [0.15, 0.2) is 0 Å². The number of hydrogen-bond acceptors (Lipinski definition) is 3. The Hall–Kier alpha value is -2.58. The number of benzene rings is 2. The highest BCUT2D eigenvalue weighted by Gasteiger charge is 2.31. The summed E-state index contributed by atoms with van der Waals surface area (Å²) in [5.74, 6) is -0.707. The summed E-state index contributed by atoms with van der Waals surface area (Å²) in [4.78, 5) is 14.0. The Morgan fingerprint density at radius 2 is 1.71 bits per heavy atom. The lowest BCUT2D eigenvalue weighted by Gasteiger charge is -2.28. The van der Waals surface area contributed by atoms with Crippen LogP contribution in [0.1, 0.15) is 22.0 Å². The van der Waals surface area contributed by atoms with E-state index < -0.39 is 6.36 Å². The average molecular weight is 395 g/mol. The summed E-state index contributed by atoms with van der Waals surface area (Å²) in [6.07, 6.45) is -4.76. The van der Waals surface area contributed by atoms with E-state index in [9.17, 15) is 18.0 Å². The molecule has 1 atom stereocenters. The summed E-state index contributed by atoms with van der Waals surface area (Å²) in [6, 6.07) is 14.3. The van der Waals surface area contributed by atoms with Crippen LogP contribution in [-0.2, 0) is 4.74 Å². The molecule has 1 fully saturated rings. The number of ether oxygens (including phenoxy) is 2. The second-order valence-electron chi connectivity index (χ2n) is 6.58. The molecule has 2 aromatic rings. The Kier molecular flexibility index (Phi) is 6.53. The van der Waals surface area contributed by atoms with E-state index >= 15 is 0 Å². The maximum atomic E-state index is 12.7. The monoisotopic (exact) mass is 395 g/mol. The van der Waals surface area contributed by atoms with E-state index in [1.807, 2.05) is 30.3 Å². The minimum absolute atomic E-state index is 0.215. The normalized spacial score (nSPS) is 16.4. The fourth-order valence-electron chi connectivity index (χ4n) is 3.14. The molecule has 2 N–H and O–H groups in total. The molecule has 1 aliphatic rings. The van der Waals surface area contributed by atoms with Gasteiger partial charge in [-0.2, -0.15) is 0 Å². The Labute approximate surface area is 161 Å². The number of carbonyl (C=O) groups is 1. The minimum Gasteiger partial charge on any atom is -0.406 e. The standard InChI is InChI=1S/C20H21F3N2O3/c21-20(22,23)28-17-8-6-16(7-9-17)19(26)24-18(15-4-2-1-3-5-15)14-25-10-12-27-13-11-25/h1-9,18H,10-14H2,(H,24,26)/p+1/t18-/m1/s1. The van der Waals surface area contributed by atoms with Crippen LogP contribution in [-0.4, -0.2) is 45.1 Å². The molecule has 0 unspecified atom stereocenters. The van der Waals surface area contributed by atoms with Crippen LogP contribution in [0.2, 0.25) is 0 Å². The molecule has 0 aliphatic carbocycles. The van der Waals surface area contributed by atoms with Gasteiger partial charge in [-0.1, -0.05) is 30.3 Å². The number of nitrogens with one attached hydrogen (secondary N) is 2. The van der Waals surface area contributed by atoms with Gasteiger partial charge in [0.2, 0.25) is 0 Å². The zero-order valence-corrected chi connectivity index (χ0v) is 15.2. The lowest BCUT2D eigenvalue weighted by atomic mass is 10.1. The third-order valence-electron chi connectivity index (χ3n) is 4.55. The second kappa shape index (κ2) is 9.07. The number of amides is 1. The Morgan fingerprint density at radius 3 is 2.32 bits per heavy atom. The molecule has 0 spiro atoms. The van der Waals surface area contributed by atoms with Crippen molar-refractivity contribution >= 4 is 5.91 Å². The van der Waals surface area contributed by atoms with Crippen molar-refractivity contribution in [3.05, 3.63) is 65.7 Å². The lowest BCUT2D eigenvalue weighted by molar-refractivity contribution is -0.909. The third kappa shape index (κ3) is 5.97. The van der Waals surface area contributed by atoms with Gasteiger partial charge in [0, 0.05) is 5.56 Å². The summed E-state index contributed by atoms with van der Waals surface area (Å²) in [5.41, 5.74) is 1.25. The number of alkyl halides is 3. The SMILES string of the molecule is O=C(N[C@H](C[NH+]1CCOCC1)c1ccccc1)c1ccc(OC(F)(F)F)cc1. The van der Waals surface area contributed by atoms with Crippen LogP contribution in [0.3, 0.4) is 0 Å². The molecule has 8 heteroatoms. The zero-order chi connectivity index (χ0) is 20.0. The molecule has 1 saturated heterocycles. The van der Waals surface area contributed by atoms with Crippen LogP contribution in [0.25, 0.3) is 0 Å². The van der Waals surface area contributed by atoms with E-state index in [-0.39, 0.29) is 23.3 Å². The van der Waals surface area contributed by atoms with Gasteiger partial charge in [-0.15, -0.1) is 13.2 Å². The largest absolute Gasteiger partial charge is 0.573 e. The first-order valence-electron chi connectivity index (χ1n) is 9.03. The molecule has 1 aliphatic heterocycles. The predicted molar refractivity (Wildman–Crippen MR) is 96.2 cm³/mol. The third-order valence-corrected chi connectivity index (χ3v) is 4.55. The molecule has 150 valence electrons. The maximum absolute atomic E-state index is 12.7. The van der Waals surface area contributed by atoms with Crippen molar-refractivity contribution in [2.45, 2.75) is 12.4 Å². The van der Waals surface area contributed by atoms with Gasteiger partial charge >= 0.3 is 6.36 Å². The lowest BCUT2D eigenvalue weighted by Crippen LogP contribution is -3.14. The number of carbonyl (C=O) groups excluding carboxylic acids is 1. The van der Waals surface area contributed by atoms with E-state index in [1.54, 1.807) is 0 Å². The van der Waals surface area contributed by atoms with Crippen molar-refractivity contribution in [2.75, 3.05) is 32.8 Å². The molecule has 5 nitrogen and oxygen atoms in total. The average Bonchev–Trinajstić information content (AvgIpc) is 2.68. The number of hydrogen-bond donors (Lipinski definition) is 2. The fourth-order valence-corrected chi connectivity index (χ4v) is 3.14. The van der Waals surface area contributed by atoms with Crippen LogP contribution in [0, 0.1) is 0 Å². The van der Waals surface area contributed by atoms with Gasteiger partial charge in [0.05, 0.1) is 13.2 Å². The predicted octanol–water partition coefficient (Wildman–Crippen LogP) is 1.97. The van der Waals surface area contributed by atoms with Crippen molar-refractivity contribution in [1.82, 2.24) is 5.32 Å². The first-order chi connectivity index (χ1) is 13.4.